The molecule has 3 heterocycles. The number of thiazole rings is 1. The van der Waals surface area contributed by atoms with Crippen LogP contribution in [0.2, 0.25) is 0 Å². The third-order valence-electron chi connectivity index (χ3n) is 6.30. The van der Waals surface area contributed by atoms with Gasteiger partial charge in [-0.3, -0.25) is 0 Å². The number of rotatable bonds is 9. The molecule has 0 bridgehead atoms. The Balaban J connectivity index is 1.49. The lowest BCUT2D eigenvalue weighted by Crippen LogP contribution is -2.37. The van der Waals surface area contributed by atoms with Crippen molar-refractivity contribution in [3.63, 3.8) is 0 Å². The van der Waals surface area contributed by atoms with Crippen molar-refractivity contribution in [2.45, 2.75) is 33.8 Å². The van der Waals surface area contributed by atoms with Crippen LogP contribution in [0.15, 0.2) is 54.7 Å². The maximum Gasteiger partial charge on any atom is 0.226 e. The lowest BCUT2D eigenvalue weighted by Gasteiger charge is -2.27. The number of aryl methyl sites for hydroxylation is 2. The Labute approximate surface area is 222 Å². The zero-order valence-electron chi connectivity index (χ0n) is 21.7. The molecule has 1 N–H and O–H groups in total. The van der Waals surface area contributed by atoms with E-state index in [9.17, 15) is 0 Å². The van der Waals surface area contributed by atoms with E-state index in [0.29, 0.717) is 19.8 Å². The van der Waals surface area contributed by atoms with Gasteiger partial charge in [0.1, 0.15) is 12.4 Å². The maximum atomic E-state index is 6.12. The highest BCUT2D eigenvalue weighted by molar-refractivity contribution is 7.18. The van der Waals surface area contributed by atoms with Gasteiger partial charge in [-0.1, -0.05) is 48.6 Å². The Bertz CT molecular complexity index is 1310. The Morgan fingerprint density at radius 3 is 2.46 bits per heavy atom. The second kappa shape index (κ2) is 11.7. The van der Waals surface area contributed by atoms with E-state index >= 15 is 0 Å². The Morgan fingerprint density at radius 1 is 1.00 bits per heavy atom. The van der Waals surface area contributed by atoms with Crippen LogP contribution in [0.5, 0.6) is 5.75 Å². The summed E-state index contributed by atoms with van der Waals surface area (Å²) in [6.45, 7) is 10.7. The minimum Gasteiger partial charge on any atom is -0.489 e. The van der Waals surface area contributed by atoms with E-state index in [1.807, 2.05) is 24.4 Å². The van der Waals surface area contributed by atoms with E-state index in [1.54, 1.807) is 11.3 Å². The normalized spacial score (nSPS) is 13.5. The Hall–Kier alpha value is -3.49. The lowest BCUT2D eigenvalue weighted by atomic mass is 9.98. The zero-order chi connectivity index (χ0) is 25.6. The molecule has 0 unspecified atom stereocenters. The van der Waals surface area contributed by atoms with Gasteiger partial charge in [0.05, 0.1) is 29.5 Å². The van der Waals surface area contributed by atoms with Crippen molar-refractivity contribution < 1.29 is 9.47 Å². The van der Waals surface area contributed by atoms with Gasteiger partial charge in [-0.05, 0) is 55.2 Å². The van der Waals surface area contributed by atoms with Gasteiger partial charge < -0.3 is 19.7 Å². The first-order valence-corrected chi connectivity index (χ1v) is 13.6. The van der Waals surface area contributed by atoms with E-state index in [1.165, 1.54) is 0 Å². The number of hydrogen-bond acceptors (Lipinski definition) is 8. The molecule has 0 atom stereocenters. The topological polar surface area (TPSA) is 72.4 Å². The number of nitrogens with one attached hydrogen (secondary N) is 1. The highest BCUT2D eigenvalue weighted by Crippen LogP contribution is 2.35. The smallest absolute Gasteiger partial charge is 0.226 e. The highest BCUT2D eigenvalue weighted by Gasteiger charge is 2.20. The number of benzene rings is 2. The molecule has 0 spiro atoms. The molecule has 0 aliphatic carbocycles. The summed E-state index contributed by atoms with van der Waals surface area (Å²) in [7, 11) is 0. The van der Waals surface area contributed by atoms with Gasteiger partial charge in [-0.25, -0.2) is 15.0 Å². The largest absolute Gasteiger partial charge is 0.489 e. The molecule has 37 heavy (non-hydrogen) atoms. The summed E-state index contributed by atoms with van der Waals surface area (Å²) in [6.07, 6.45) is 2.95. The van der Waals surface area contributed by atoms with Crippen LogP contribution < -0.4 is 15.0 Å². The summed E-state index contributed by atoms with van der Waals surface area (Å²) in [4.78, 5) is 17.8. The second-order valence-corrected chi connectivity index (χ2v) is 10.2. The van der Waals surface area contributed by atoms with Crippen LogP contribution in [-0.2, 0) is 11.3 Å². The molecule has 0 radical (unpaired) electrons. The monoisotopic (exact) mass is 515 g/mol. The number of hydrogen-bond donors (Lipinski definition) is 1. The van der Waals surface area contributed by atoms with Crippen molar-refractivity contribution >= 4 is 22.4 Å². The molecule has 0 saturated carbocycles. The molecule has 8 heteroatoms. The van der Waals surface area contributed by atoms with E-state index in [4.69, 9.17) is 19.4 Å². The summed E-state index contributed by atoms with van der Waals surface area (Å²) in [5.74, 6) is 1.59. The molecule has 5 rings (SSSR count). The van der Waals surface area contributed by atoms with Crippen molar-refractivity contribution in [1.29, 1.82) is 0 Å². The van der Waals surface area contributed by atoms with Gasteiger partial charge in [-0.15, -0.1) is 0 Å². The number of ether oxygens (including phenoxy) is 2. The van der Waals surface area contributed by atoms with Gasteiger partial charge in [0.25, 0.3) is 0 Å². The van der Waals surface area contributed by atoms with E-state index in [-0.39, 0.29) is 0 Å². The maximum absolute atomic E-state index is 6.12. The second-order valence-electron chi connectivity index (χ2n) is 9.20. The van der Waals surface area contributed by atoms with Crippen LogP contribution in [-0.4, -0.2) is 47.8 Å². The average Bonchev–Trinajstić information content (AvgIpc) is 3.40. The van der Waals surface area contributed by atoms with Crippen LogP contribution in [0.3, 0.4) is 0 Å². The molecular formula is C29H33N5O2S. The fourth-order valence-corrected chi connectivity index (χ4v) is 5.25. The van der Waals surface area contributed by atoms with Crippen molar-refractivity contribution in [3.05, 3.63) is 71.4 Å². The summed E-state index contributed by atoms with van der Waals surface area (Å²) in [5.41, 5.74) is 6.30. The molecule has 1 aliphatic rings. The highest BCUT2D eigenvalue weighted by atomic mass is 32.1. The molecule has 1 aliphatic heterocycles. The quantitative estimate of drug-likeness (QED) is 0.288. The molecule has 7 nitrogen and oxygen atoms in total. The third kappa shape index (κ3) is 6.09. The van der Waals surface area contributed by atoms with Crippen molar-refractivity contribution in [2.75, 3.05) is 43.1 Å². The minimum absolute atomic E-state index is 0.539. The summed E-state index contributed by atoms with van der Waals surface area (Å²) in [5, 5.41) is 4.29. The van der Waals surface area contributed by atoms with Gasteiger partial charge in [0.15, 0.2) is 5.13 Å². The van der Waals surface area contributed by atoms with Gasteiger partial charge in [-0.2, -0.15) is 0 Å². The first-order valence-electron chi connectivity index (χ1n) is 12.8. The number of morpholine rings is 1. The Morgan fingerprint density at radius 2 is 1.73 bits per heavy atom. The number of anilines is 2. The van der Waals surface area contributed by atoms with Gasteiger partial charge >= 0.3 is 0 Å². The zero-order valence-corrected chi connectivity index (χ0v) is 22.5. The summed E-state index contributed by atoms with van der Waals surface area (Å²) in [6, 6.07) is 16.5. The summed E-state index contributed by atoms with van der Waals surface area (Å²) >= 11 is 1.62. The van der Waals surface area contributed by atoms with Crippen molar-refractivity contribution in [3.8, 4) is 27.6 Å². The molecule has 2 aromatic heterocycles. The van der Waals surface area contributed by atoms with E-state index < -0.39 is 0 Å². The Kier molecular flexibility index (Phi) is 7.96. The predicted octanol–water partition coefficient (Wildman–Crippen LogP) is 6.12. The van der Waals surface area contributed by atoms with E-state index in [0.717, 1.165) is 81.4 Å². The standard InChI is InChI=1S/C29H33N5O2S/c1-4-10-30-29-31-18-26(37-29)24-17-25(33-28(32-24)34-11-13-35-14-12-34)27-20(2)15-23(16-21(27)3)36-19-22-8-6-5-7-9-22/h5-9,15-18H,4,10-14,19H2,1-3H3,(H,30,31). The summed E-state index contributed by atoms with van der Waals surface area (Å²) < 4.78 is 11.7. The first kappa shape index (κ1) is 25.2. The minimum atomic E-state index is 0.539. The van der Waals surface area contributed by atoms with Crippen LogP contribution in [0.1, 0.15) is 30.0 Å². The van der Waals surface area contributed by atoms with E-state index in [2.05, 4.69) is 66.3 Å². The van der Waals surface area contributed by atoms with Gasteiger partial charge in [0.2, 0.25) is 5.95 Å². The molecule has 0 amide bonds. The fraction of sp³-hybridized carbons (Fsp3) is 0.345. The molecule has 2 aromatic carbocycles. The van der Waals surface area contributed by atoms with Crippen LogP contribution in [0, 0.1) is 13.8 Å². The fourth-order valence-electron chi connectivity index (χ4n) is 4.45. The van der Waals surface area contributed by atoms with Crippen LogP contribution >= 0.6 is 11.3 Å². The van der Waals surface area contributed by atoms with Crippen molar-refractivity contribution in [1.82, 2.24) is 15.0 Å². The molecular weight excluding hydrogens is 482 g/mol. The molecule has 192 valence electrons. The lowest BCUT2D eigenvalue weighted by molar-refractivity contribution is 0.122. The average molecular weight is 516 g/mol. The molecule has 4 aromatic rings. The van der Waals surface area contributed by atoms with Crippen LogP contribution in [0.25, 0.3) is 21.8 Å². The molecule has 1 fully saturated rings. The molecule has 1 saturated heterocycles. The number of aromatic nitrogens is 3. The predicted molar refractivity (Wildman–Crippen MR) is 151 cm³/mol. The number of nitrogens with zero attached hydrogens (tertiary/aromatic N) is 4. The SMILES string of the molecule is CCCNc1ncc(-c2cc(-c3c(C)cc(OCc4ccccc4)cc3C)nc(N3CCOCC3)n2)s1. The first-order chi connectivity index (χ1) is 18.1. The third-order valence-corrected chi connectivity index (χ3v) is 7.28. The van der Waals surface area contributed by atoms with Crippen LogP contribution in [0.4, 0.5) is 11.1 Å². The van der Waals surface area contributed by atoms with Crippen molar-refractivity contribution in [2.24, 2.45) is 0 Å². The van der Waals surface area contributed by atoms with Gasteiger partial charge in [0, 0.05) is 31.4 Å².